The van der Waals surface area contributed by atoms with Crippen LogP contribution in [0.3, 0.4) is 0 Å². The van der Waals surface area contributed by atoms with Gasteiger partial charge in [0, 0.05) is 0 Å². The molecule has 0 amide bonds. The van der Waals surface area contributed by atoms with Gasteiger partial charge in [-0.1, -0.05) is 18.2 Å². The molecule has 0 aliphatic heterocycles. The van der Waals surface area contributed by atoms with E-state index in [1.165, 1.54) is 11.2 Å². The highest BCUT2D eigenvalue weighted by Crippen LogP contribution is 2.16. The molecule has 1 aromatic rings. The third-order valence-corrected chi connectivity index (χ3v) is 1.92. The highest BCUT2D eigenvalue weighted by molar-refractivity contribution is 5.85. The van der Waals surface area contributed by atoms with Crippen LogP contribution in [-0.4, -0.2) is 11.1 Å². The van der Waals surface area contributed by atoms with Crippen molar-refractivity contribution in [2.45, 2.75) is 6.92 Å². The van der Waals surface area contributed by atoms with Crippen LogP contribution in [0.15, 0.2) is 36.2 Å². The zero-order valence-corrected chi connectivity index (χ0v) is 8.34. The lowest BCUT2D eigenvalue weighted by Gasteiger charge is -2.16. The molecule has 0 fully saturated rings. The van der Waals surface area contributed by atoms with Gasteiger partial charge in [-0.25, -0.2) is 10.6 Å². The quantitative estimate of drug-likeness (QED) is 0.382. The largest absolute Gasteiger partial charge is 0.477 e. The van der Waals surface area contributed by atoms with Crippen LogP contribution in [0.1, 0.15) is 5.56 Å². The van der Waals surface area contributed by atoms with Gasteiger partial charge in [0.15, 0.2) is 0 Å². The van der Waals surface area contributed by atoms with Gasteiger partial charge < -0.3 is 10.8 Å². The van der Waals surface area contributed by atoms with E-state index in [0.29, 0.717) is 5.69 Å². The number of aryl methyl sites for hydroxylation is 1. The molecule has 0 spiro atoms. The first-order valence-corrected chi connectivity index (χ1v) is 4.32. The number of hydrogen-bond acceptors (Lipinski definition) is 4. The lowest BCUT2D eigenvalue weighted by molar-refractivity contribution is -0.132. The molecule has 1 aromatic carbocycles. The van der Waals surface area contributed by atoms with E-state index in [-0.39, 0.29) is 5.70 Å². The first kappa shape index (κ1) is 11.1. The summed E-state index contributed by atoms with van der Waals surface area (Å²) in [5.41, 5.74) is 6.59. The average molecular weight is 207 g/mol. The minimum Gasteiger partial charge on any atom is -0.477 e. The highest BCUT2D eigenvalue weighted by atomic mass is 16.4. The maximum Gasteiger partial charge on any atom is 0.353 e. The van der Waals surface area contributed by atoms with Crippen molar-refractivity contribution in [2.24, 2.45) is 11.6 Å². The van der Waals surface area contributed by atoms with Crippen molar-refractivity contribution in [1.82, 2.24) is 0 Å². The topological polar surface area (TPSA) is 92.6 Å². The normalized spacial score (nSPS) is 11.2. The van der Waals surface area contributed by atoms with E-state index in [1.807, 2.05) is 25.1 Å². The van der Waals surface area contributed by atoms with Crippen molar-refractivity contribution in [2.75, 3.05) is 5.01 Å². The summed E-state index contributed by atoms with van der Waals surface area (Å²) in [5.74, 6) is 4.45. The molecule has 5 heteroatoms. The van der Waals surface area contributed by atoms with E-state index >= 15 is 0 Å². The van der Waals surface area contributed by atoms with Gasteiger partial charge in [0.1, 0.15) is 5.70 Å². The Morgan fingerprint density at radius 1 is 1.47 bits per heavy atom. The molecular weight excluding hydrogens is 194 g/mol. The van der Waals surface area contributed by atoms with Gasteiger partial charge in [0.2, 0.25) is 0 Å². The number of nitrogens with zero attached hydrogens (tertiary/aromatic N) is 1. The monoisotopic (exact) mass is 207 g/mol. The van der Waals surface area contributed by atoms with E-state index in [2.05, 4.69) is 0 Å². The van der Waals surface area contributed by atoms with Gasteiger partial charge in [-0.15, -0.1) is 0 Å². The minimum absolute atomic E-state index is 0.305. The molecule has 0 aromatic heterocycles. The second-order valence-electron chi connectivity index (χ2n) is 3.08. The summed E-state index contributed by atoms with van der Waals surface area (Å²) in [6, 6.07) is 7.34. The number of hydrazine groups is 1. The third-order valence-electron chi connectivity index (χ3n) is 1.92. The Labute approximate surface area is 87.6 Å². The van der Waals surface area contributed by atoms with Gasteiger partial charge in [0.05, 0.1) is 11.9 Å². The van der Waals surface area contributed by atoms with Crippen LogP contribution in [0.25, 0.3) is 0 Å². The molecule has 0 unspecified atom stereocenters. The summed E-state index contributed by atoms with van der Waals surface area (Å²) in [4.78, 5) is 10.5. The molecule has 0 atom stereocenters. The summed E-state index contributed by atoms with van der Waals surface area (Å²) in [5, 5.41) is 9.76. The molecule has 5 nitrogen and oxygen atoms in total. The standard InChI is InChI=1S/C10H13N3O2/c1-7-4-2-3-5-9(7)13(12)6-8(11)10(14)15/h2-6H,11-12H2,1H3,(H,14,15)/b8-6-. The van der Waals surface area contributed by atoms with Crippen LogP contribution < -0.4 is 16.6 Å². The molecule has 0 saturated carbocycles. The van der Waals surface area contributed by atoms with Crippen molar-refractivity contribution in [1.29, 1.82) is 0 Å². The Kier molecular flexibility index (Phi) is 3.30. The number of anilines is 1. The van der Waals surface area contributed by atoms with Gasteiger partial charge in [0.25, 0.3) is 0 Å². The van der Waals surface area contributed by atoms with E-state index in [4.69, 9.17) is 16.7 Å². The molecule has 5 N–H and O–H groups in total. The zero-order valence-electron chi connectivity index (χ0n) is 8.34. The molecule has 0 saturated heterocycles. The fourth-order valence-electron chi connectivity index (χ4n) is 1.13. The molecule has 0 heterocycles. The van der Waals surface area contributed by atoms with E-state index < -0.39 is 5.97 Å². The molecule has 80 valence electrons. The maximum absolute atomic E-state index is 10.5. The highest BCUT2D eigenvalue weighted by Gasteiger charge is 2.06. The number of nitrogens with two attached hydrogens (primary N) is 2. The van der Waals surface area contributed by atoms with Crippen molar-refractivity contribution >= 4 is 11.7 Å². The van der Waals surface area contributed by atoms with Crippen molar-refractivity contribution in [3.05, 3.63) is 41.7 Å². The fourth-order valence-corrected chi connectivity index (χ4v) is 1.13. The summed E-state index contributed by atoms with van der Waals surface area (Å²) >= 11 is 0. The number of aliphatic carboxylic acids is 1. The number of carboxylic acids is 1. The van der Waals surface area contributed by atoms with Crippen molar-refractivity contribution in [3.8, 4) is 0 Å². The summed E-state index contributed by atoms with van der Waals surface area (Å²) in [6.45, 7) is 1.87. The molecule has 15 heavy (non-hydrogen) atoms. The second-order valence-corrected chi connectivity index (χ2v) is 3.08. The minimum atomic E-state index is -1.20. The lowest BCUT2D eigenvalue weighted by Crippen LogP contribution is -2.28. The van der Waals surface area contributed by atoms with Crippen molar-refractivity contribution < 1.29 is 9.90 Å². The van der Waals surface area contributed by atoms with Crippen LogP contribution in [0.4, 0.5) is 5.69 Å². The van der Waals surface area contributed by atoms with Gasteiger partial charge in [-0.3, -0.25) is 5.01 Å². The maximum atomic E-state index is 10.5. The fraction of sp³-hybridized carbons (Fsp3) is 0.100. The third kappa shape index (κ3) is 2.72. The first-order chi connectivity index (χ1) is 7.02. The molecule has 0 radical (unpaired) electrons. The lowest BCUT2D eigenvalue weighted by atomic mass is 10.2. The summed E-state index contributed by atoms with van der Waals surface area (Å²) < 4.78 is 0. The Morgan fingerprint density at radius 2 is 2.07 bits per heavy atom. The molecule has 0 bridgehead atoms. The SMILES string of the molecule is Cc1ccccc1N(N)/C=C(\N)C(=O)O. The van der Waals surface area contributed by atoms with Crippen LogP contribution in [0, 0.1) is 6.92 Å². The van der Waals surface area contributed by atoms with Crippen molar-refractivity contribution in [3.63, 3.8) is 0 Å². The van der Waals surface area contributed by atoms with E-state index in [1.54, 1.807) is 6.07 Å². The Balaban J connectivity index is 2.96. The molecular formula is C10H13N3O2. The number of carbonyl (C=O) groups is 1. The molecule has 0 aliphatic carbocycles. The van der Waals surface area contributed by atoms with Crippen LogP contribution >= 0.6 is 0 Å². The number of benzene rings is 1. The number of rotatable bonds is 3. The molecule has 0 aliphatic rings. The Morgan fingerprint density at radius 3 is 2.60 bits per heavy atom. The number of hydrogen-bond donors (Lipinski definition) is 3. The van der Waals surface area contributed by atoms with Crippen LogP contribution in [0.2, 0.25) is 0 Å². The van der Waals surface area contributed by atoms with Gasteiger partial charge >= 0.3 is 5.97 Å². The second kappa shape index (κ2) is 4.47. The Bertz CT molecular complexity index is 401. The van der Waals surface area contributed by atoms with E-state index in [0.717, 1.165) is 5.56 Å². The first-order valence-electron chi connectivity index (χ1n) is 4.32. The summed E-state index contributed by atoms with van der Waals surface area (Å²) in [7, 11) is 0. The van der Waals surface area contributed by atoms with E-state index in [9.17, 15) is 4.79 Å². The Hall–Kier alpha value is -2.01. The van der Waals surface area contributed by atoms with Crippen LogP contribution in [-0.2, 0) is 4.79 Å². The number of para-hydroxylation sites is 1. The predicted octanol–water partition coefficient (Wildman–Crippen LogP) is 0.560. The summed E-state index contributed by atoms with van der Waals surface area (Å²) in [6.07, 6.45) is 1.17. The van der Waals surface area contributed by atoms with Crippen LogP contribution in [0.5, 0.6) is 0 Å². The average Bonchev–Trinajstić information content (AvgIpc) is 2.18. The predicted molar refractivity (Wildman–Crippen MR) is 57.8 cm³/mol. The smallest absolute Gasteiger partial charge is 0.353 e. The zero-order chi connectivity index (χ0) is 11.4. The molecule has 1 rings (SSSR count). The number of carboxylic acid groups (broad SMARTS) is 1. The van der Waals surface area contributed by atoms with Gasteiger partial charge in [-0.2, -0.15) is 0 Å². The van der Waals surface area contributed by atoms with Gasteiger partial charge in [-0.05, 0) is 18.6 Å².